The Kier molecular flexibility index (Phi) is 7.29. The average molecular weight is 535 g/mol. The number of morpholine rings is 1. The van der Waals surface area contributed by atoms with Gasteiger partial charge in [0.1, 0.15) is 17.4 Å². The number of hydrogen-bond acceptors (Lipinski definition) is 9. The number of amides is 2. The summed E-state index contributed by atoms with van der Waals surface area (Å²) in [6.07, 6.45) is 1.63. The third kappa shape index (κ3) is 5.63. The Morgan fingerprint density at radius 1 is 1.16 bits per heavy atom. The molecule has 3 heterocycles. The van der Waals surface area contributed by atoms with Gasteiger partial charge in [-0.1, -0.05) is 12.1 Å². The lowest BCUT2D eigenvalue weighted by Gasteiger charge is -2.26. The predicted molar refractivity (Wildman–Crippen MR) is 141 cm³/mol. The summed E-state index contributed by atoms with van der Waals surface area (Å²) in [6, 6.07) is 13.0. The number of fused-ring (bicyclic) bond motifs is 1. The molecular weight excluding hydrogens is 512 g/mol. The third-order valence-corrected chi connectivity index (χ3v) is 6.81. The largest absolute Gasteiger partial charge is 0.489 e. The summed E-state index contributed by atoms with van der Waals surface area (Å²) < 4.78 is 11.0. The van der Waals surface area contributed by atoms with E-state index in [1.165, 1.54) is 17.1 Å². The summed E-state index contributed by atoms with van der Waals surface area (Å²) in [5, 5.41) is 25.7. The molecule has 0 radical (unpaired) electrons. The van der Waals surface area contributed by atoms with E-state index in [-0.39, 0.29) is 41.2 Å². The van der Waals surface area contributed by atoms with Crippen molar-refractivity contribution in [3.8, 4) is 5.75 Å². The van der Waals surface area contributed by atoms with Crippen molar-refractivity contribution in [3.05, 3.63) is 75.3 Å². The van der Waals surface area contributed by atoms with Gasteiger partial charge in [0.2, 0.25) is 11.1 Å². The van der Waals surface area contributed by atoms with Crippen molar-refractivity contribution in [3.63, 3.8) is 0 Å². The van der Waals surface area contributed by atoms with Crippen LogP contribution in [0.3, 0.4) is 0 Å². The van der Waals surface area contributed by atoms with Gasteiger partial charge < -0.3 is 14.4 Å². The second-order valence-electron chi connectivity index (χ2n) is 8.46. The van der Waals surface area contributed by atoms with E-state index in [0.717, 1.165) is 17.3 Å². The van der Waals surface area contributed by atoms with Crippen molar-refractivity contribution < 1.29 is 24.0 Å². The number of rotatable bonds is 7. The number of thioether (sulfide) groups is 1. The second kappa shape index (κ2) is 10.9. The topological polar surface area (TPSA) is 151 Å². The smallest absolute Gasteiger partial charge is 0.283 e. The Labute approximate surface area is 221 Å². The van der Waals surface area contributed by atoms with Crippen molar-refractivity contribution in [2.24, 2.45) is 10.1 Å². The highest BCUT2D eigenvalue weighted by Crippen LogP contribution is 2.30. The highest BCUT2D eigenvalue weighted by Gasteiger charge is 2.36. The van der Waals surface area contributed by atoms with Gasteiger partial charge in [0.05, 0.1) is 30.1 Å². The number of carbonyl (C=O) groups is 2. The van der Waals surface area contributed by atoms with E-state index >= 15 is 0 Å². The zero-order valence-electron chi connectivity index (χ0n) is 20.0. The molecule has 13 heteroatoms. The normalized spacial score (nSPS) is 18.3. The zero-order chi connectivity index (χ0) is 26.6. The molecule has 3 aliphatic rings. The quantitative estimate of drug-likeness (QED) is 0.323. The molecule has 1 saturated heterocycles. The van der Waals surface area contributed by atoms with Gasteiger partial charge in [-0.15, -0.1) is 0 Å². The van der Waals surface area contributed by atoms with Crippen LogP contribution in [0.1, 0.15) is 17.5 Å². The van der Waals surface area contributed by atoms with E-state index < -0.39 is 10.8 Å². The number of nitro benzene ring substituents is 1. The second-order valence-corrected chi connectivity index (χ2v) is 9.51. The van der Waals surface area contributed by atoms with E-state index in [1.807, 2.05) is 0 Å². The molecule has 194 valence electrons. The van der Waals surface area contributed by atoms with Crippen LogP contribution >= 0.6 is 11.8 Å². The molecule has 1 fully saturated rings. The van der Waals surface area contributed by atoms with Gasteiger partial charge in [0.15, 0.2) is 5.84 Å². The first kappa shape index (κ1) is 25.3. The minimum Gasteiger partial charge on any atom is -0.489 e. The number of non-ortho nitro benzene ring substituents is 1. The van der Waals surface area contributed by atoms with Crippen molar-refractivity contribution in [1.29, 1.82) is 5.41 Å². The predicted octanol–water partition coefficient (Wildman–Crippen LogP) is 3.04. The van der Waals surface area contributed by atoms with Crippen molar-refractivity contribution in [2.75, 3.05) is 26.3 Å². The van der Waals surface area contributed by atoms with E-state index in [0.29, 0.717) is 42.7 Å². The maximum atomic E-state index is 12.7. The fraction of sp³-hybridized carbons (Fsp3) is 0.240. The molecule has 0 atom stereocenters. The standard InChI is InChI=1S/C25H22N6O6S/c26-23-20(13-16-3-7-19(8-4-16)37-15-17-1-5-18(6-2-17)31(34)35)24(33)27-25-30(23)28-21(38-25)14-22(32)29-9-11-36-12-10-29/h1-8,13,26H,9-12,14-15H2/b20-13-,26-23?. The maximum Gasteiger partial charge on any atom is 0.283 e. The number of hydrazone groups is 1. The summed E-state index contributed by atoms with van der Waals surface area (Å²) in [6.45, 7) is 2.31. The molecule has 0 aliphatic carbocycles. The molecular formula is C25H22N6O6S. The lowest BCUT2D eigenvalue weighted by atomic mass is 10.1. The molecule has 1 N–H and O–H groups in total. The Hall–Kier alpha value is -4.36. The van der Waals surface area contributed by atoms with Gasteiger partial charge >= 0.3 is 0 Å². The van der Waals surface area contributed by atoms with Crippen molar-refractivity contribution >= 4 is 51.4 Å². The van der Waals surface area contributed by atoms with Gasteiger partial charge in [-0.05, 0) is 53.2 Å². The van der Waals surface area contributed by atoms with Crippen LogP contribution in [0, 0.1) is 15.5 Å². The van der Waals surface area contributed by atoms with E-state index in [2.05, 4.69) is 10.1 Å². The minimum atomic E-state index is -0.553. The Bertz CT molecular complexity index is 1380. The molecule has 3 aliphatic heterocycles. The van der Waals surface area contributed by atoms with Gasteiger partial charge in [0, 0.05) is 25.2 Å². The third-order valence-electron chi connectivity index (χ3n) is 5.91. The van der Waals surface area contributed by atoms with E-state index in [9.17, 15) is 19.7 Å². The molecule has 0 unspecified atom stereocenters. The summed E-state index contributed by atoms with van der Waals surface area (Å²) in [7, 11) is 0. The Balaban J connectivity index is 1.22. The molecule has 12 nitrogen and oxygen atoms in total. The molecule has 0 bridgehead atoms. The molecule has 2 aromatic rings. The van der Waals surface area contributed by atoms with Crippen LogP contribution in [0.2, 0.25) is 0 Å². The fourth-order valence-corrected chi connectivity index (χ4v) is 4.74. The van der Waals surface area contributed by atoms with E-state index in [1.54, 1.807) is 47.4 Å². The molecule has 0 saturated carbocycles. The Morgan fingerprint density at radius 3 is 2.55 bits per heavy atom. The number of nitrogens with one attached hydrogen (secondary N) is 1. The van der Waals surface area contributed by atoms with Crippen LogP contribution in [0.4, 0.5) is 5.69 Å². The fourth-order valence-electron chi connectivity index (χ4n) is 3.86. The highest BCUT2D eigenvalue weighted by molar-refractivity contribution is 8.27. The number of carbonyl (C=O) groups excluding carboxylic acids is 2. The van der Waals surface area contributed by atoms with Crippen LogP contribution in [-0.2, 0) is 20.9 Å². The lowest BCUT2D eigenvalue weighted by Crippen LogP contribution is -2.41. The number of ether oxygens (including phenoxy) is 2. The molecule has 5 rings (SSSR count). The molecule has 0 aromatic heterocycles. The van der Waals surface area contributed by atoms with E-state index in [4.69, 9.17) is 14.9 Å². The zero-order valence-corrected chi connectivity index (χ0v) is 20.8. The number of amidine groups is 2. The molecule has 38 heavy (non-hydrogen) atoms. The lowest BCUT2D eigenvalue weighted by molar-refractivity contribution is -0.384. The summed E-state index contributed by atoms with van der Waals surface area (Å²) in [5.74, 6) is -0.168. The number of nitro groups is 1. The summed E-state index contributed by atoms with van der Waals surface area (Å²) in [4.78, 5) is 41.3. The van der Waals surface area contributed by atoms with Crippen molar-refractivity contribution in [2.45, 2.75) is 13.0 Å². The van der Waals surface area contributed by atoms with Gasteiger partial charge in [-0.3, -0.25) is 25.1 Å². The maximum absolute atomic E-state index is 12.7. The first-order chi connectivity index (χ1) is 18.4. The van der Waals surface area contributed by atoms with Crippen LogP contribution < -0.4 is 4.74 Å². The first-order valence-electron chi connectivity index (χ1n) is 11.7. The summed E-state index contributed by atoms with van der Waals surface area (Å²) >= 11 is 1.12. The minimum absolute atomic E-state index is 0.0151. The number of aliphatic imine (C=N–C) groups is 1. The summed E-state index contributed by atoms with van der Waals surface area (Å²) in [5.41, 5.74) is 1.55. The average Bonchev–Trinajstić information content (AvgIpc) is 3.33. The Morgan fingerprint density at radius 2 is 1.87 bits per heavy atom. The molecule has 2 aromatic carbocycles. The number of hydrogen-bond donors (Lipinski definition) is 1. The van der Waals surface area contributed by atoms with Crippen LogP contribution in [0.5, 0.6) is 5.75 Å². The monoisotopic (exact) mass is 534 g/mol. The number of benzene rings is 2. The van der Waals surface area contributed by atoms with Crippen LogP contribution in [0.25, 0.3) is 6.08 Å². The van der Waals surface area contributed by atoms with Gasteiger partial charge in [-0.25, -0.2) is 0 Å². The molecule has 0 spiro atoms. The molecule has 2 amide bonds. The van der Waals surface area contributed by atoms with Gasteiger partial charge in [0.25, 0.3) is 11.6 Å². The van der Waals surface area contributed by atoms with Crippen LogP contribution in [0.15, 0.2) is 64.2 Å². The SMILES string of the molecule is N=C1/C(=C/c2ccc(OCc3ccc([N+](=O)[O-])cc3)cc2)C(=O)N=C2SC(CC(=O)N3CCOCC3)=NN12. The van der Waals surface area contributed by atoms with Crippen LogP contribution in [-0.4, -0.2) is 69.0 Å². The number of nitrogens with zero attached hydrogens (tertiary/aromatic N) is 5. The first-order valence-corrected chi connectivity index (χ1v) is 12.5. The van der Waals surface area contributed by atoms with Gasteiger partial charge in [-0.2, -0.15) is 15.1 Å². The highest BCUT2D eigenvalue weighted by atomic mass is 32.2. The van der Waals surface area contributed by atoms with Crippen molar-refractivity contribution in [1.82, 2.24) is 9.91 Å².